The Morgan fingerprint density at radius 2 is 1.80 bits per heavy atom. The maximum Gasteiger partial charge on any atom is 0.109 e. The van der Waals surface area contributed by atoms with Gasteiger partial charge in [-0.15, -0.1) is 0 Å². The quantitative estimate of drug-likeness (QED) is 0.786. The maximum absolute atomic E-state index is 13.6. The van der Waals surface area contributed by atoms with Gasteiger partial charge in [0, 0.05) is 6.42 Å². The summed E-state index contributed by atoms with van der Waals surface area (Å²) in [4.78, 5) is 0. The molecule has 0 fully saturated rings. The Labute approximate surface area is 91.7 Å². The Morgan fingerprint density at radius 3 is 2.33 bits per heavy atom. The average molecular weight is 209 g/mol. The molecule has 0 unspecified atom stereocenters. The lowest BCUT2D eigenvalue weighted by Gasteiger charge is -2.16. The van der Waals surface area contributed by atoms with E-state index < -0.39 is 5.67 Å². The molecule has 0 amide bonds. The Balaban J connectivity index is 2.77. The van der Waals surface area contributed by atoms with Crippen molar-refractivity contribution in [2.24, 2.45) is 0 Å². The monoisotopic (exact) mass is 209 g/mol. The number of nitrogens with one attached hydrogen (secondary N) is 1. The van der Waals surface area contributed by atoms with Gasteiger partial charge in [0.05, 0.1) is 0 Å². The van der Waals surface area contributed by atoms with Gasteiger partial charge in [0.1, 0.15) is 5.67 Å². The first-order valence-corrected chi connectivity index (χ1v) is 5.43. The Hall–Kier alpha value is -0.890. The standard InChI is InChI=1S/C13H20FN/c1-13(2,14)10-12-7-5-4-6-11(12)8-9-15-3/h4-7,15H,8-10H2,1-3H3. The van der Waals surface area contributed by atoms with Gasteiger partial charge >= 0.3 is 0 Å². The highest BCUT2D eigenvalue weighted by atomic mass is 19.1. The molecule has 0 atom stereocenters. The predicted octanol–water partition coefficient (Wildman–Crippen LogP) is 2.74. The highest BCUT2D eigenvalue weighted by Crippen LogP contribution is 2.19. The normalized spacial score (nSPS) is 11.7. The third-order valence-electron chi connectivity index (χ3n) is 2.37. The topological polar surface area (TPSA) is 12.0 Å². The number of likely N-dealkylation sites (N-methyl/N-ethyl adjacent to an activating group) is 1. The first-order chi connectivity index (χ1) is 7.03. The third kappa shape index (κ3) is 4.43. The molecule has 0 spiro atoms. The lowest BCUT2D eigenvalue weighted by atomic mass is 9.94. The summed E-state index contributed by atoms with van der Waals surface area (Å²) in [5.74, 6) is 0. The van der Waals surface area contributed by atoms with Gasteiger partial charge in [-0.1, -0.05) is 24.3 Å². The van der Waals surface area contributed by atoms with Gasteiger partial charge in [-0.3, -0.25) is 0 Å². The Kier molecular flexibility index (Phi) is 4.28. The number of halogens is 1. The molecule has 0 aliphatic carbocycles. The number of hydrogen-bond donors (Lipinski definition) is 1. The summed E-state index contributed by atoms with van der Waals surface area (Å²) in [5, 5.41) is 3.11. The maximum atomic E-state index is 13.6. The lowest BCUT2D eigenvalue weighted by molar-refractivity contribution is 0.216. The molecule has 0 saturated heterocycles. The van der Waals surface area contributed by atoms with Gasteiger partial charge in [0.15, 0.2) is 0 Å². The second-order valence-electron chi connectivity index (χ2n) is 4.52. The summed E-state index contributed by atoms with van der Waals surface area (Å²) in [5.41, 5.74) is 1.24. The van der Waals surface area contributed by atoms with Crippen molar-refractivity contribution in [2.75, 3.05) is 13.6 Å². The van der Waals surface area contributed by atoms with E-state index in [-0.39, 0.29) is 0 Å². The molecule has 1 aromatic carbocycles. The second kappa shape index (κ2) is 5.26. The SMILES string of the molecule is CNCCc1ccccc1CC(C)(C)F. The van der Waals surface area contributed by atoms with Crippen LogP contribution in [0.1, 0.15) is 25.0 Å². The van der Waals surface area contributed by atoms with Crippen LogP contribution in [0.4, 0.5) is 4.39 Å². The highest BCUT2D eigenvalue weighted by Gasteiger charge is 2.17. The molecule has 0 heterocycles. The molecular weight excluding hydrogens is 189 g/mol. The zero-order valence-electron chi connectivity index (χ0n) is 9.81. The summed E-state index contributed by atoms with van der Waals surface area (Å²) in [7, 11) is 1.93. The van der Waals surface area contributed by atoms with Crippen LogP contribution in [0.3, 0.4) is 0 Å². The van der Waals surface area contributed by atoms with E-state index in [0.717, 1.165) is 18.5 Å². The van der Waals surface area contributed by atoms with E-state index in [1.165, 1.54) is 5.56 Å². The average Bonchev–Trinajstić information content (AvgIpc) is 2.14. The van der Waals surface area contributed by atoms with Crippen molar-refractivity contribution in [3.05, 3.63) is 35.4 Å². The molecule has 84 valence electrons. The van der Waals surface area contributed by atoms with E-state index in [0.29, 0.717) is 6.42 Å². The largest absolute Gasteiger partial charge is 0.319 e. The summed E-state index contributed by atoms with van der Waals surface area (Å²) in [6, 6.07) is 8.09. The fraction of sp³-hybridized carbons (Fsp3) is 0.538. The molecule has 1 N–H and O–H groups in total. The summed E-state index contributed by atoms with van der Waals surface area (Å²) < 4.78 is 13.6. The van der Waals surface area contributed by atoms with Crippen LogP contribution in [-0.4, -0.2) is 19.3 Å². The van der Waals surface area contributed by atoms with Gasteiger partial charge in [-0.05, 0) is 45.0 Å². The minimum atomic E-state index is -1.13. The molecular formula is C13H20FN. The van der Waals surface area contributed by atoms with Crippen LogP contribution in [0.25, 0.3) is 0 Å². The Bertz CT molecular complexity index is 302. The van der Waals surface area contributed by atoms with Crippen LogP contribution in [0.5, 0.6) is 0 Å². The van der Waals surface area contributed by atoms with E-state index in [1.54, 1.807) is 13.8 Å². The predicted molar refractivity (Wildman–Crippen MR) is 63.0 cm³/mol. The lowest BCUT2D eigenvalue weighted by Crippen LogP contribution is -2.18. The number of benzene rings is 1. The van der Waals surface area contributed by atoms with Crippen molar-refractivity contribution in [3.8, 4) is 0 Å². The van der Waals surface area contributed by atoms with Crippen LogP contribution in [0.15, 0.2) is 24.3 Å². The van der Waals surface area contributed by atoms with Crippen molar-refractivity contribution in [1.82, 2.24) is 5.32 Å². The van der Waals surface area contributed by atoms with Crippen LogP contribution >= 0.6 is 0 Å². The molecule has 0 bridgehead atoms. The molecule has 0 aromatic heterocycles. The van der Waals surface area contributed by atoms with Gasteiger partial charge in [-0.2, -0.15) is 0 Å². The molecule has 15 heavy (non-hydrogen) atoms. The number of alkyl halides is 1. The van der Waals surface area contributed by atoms with Crippen LogP contribution in [-0.2, 0) is 12.8 Å². The molecule has 0 aliphatic rings. The van der Waals surface area contributed by atoms with Crippen LogP contribution < -0.4 is 5.32 Å². The zero-order chi connectivity index (χ0) is 11.3. The summed E-state index contributed by atoms with van der Waals surface area (Å²) >= 11 is 0. The molecule has 2 heteroatoms. The third-order valence-corrected chi connectivity index (χ3v) is 2.37. The van der Waals surface area contributed by atoms with Crippen LogP contribution in [0.2, 0.25) is 0 Å². The zero-order valence-corrected chi connectivity index (χ0v) is 9.81. The smallest absolute Gasteiger partial charge is 0.109 e. The summed E-state index contributed by atoms with van der Waals surface area (Å²) in [6.45, 7) is 4.19. The minimum absolute atomic E-state index is 0.493. The molecule has 0 saturated carbocycles. The van der Waals surface area contributed by atoms with Gasteiger partial charge in [-0.25, -0.2) is 4.39 Å². The number of hydrogen-bond acceptors (Lipinski definition) is 1. The van der Waals surface area contributed by atoms with E-state index in [2.05, 4.69) is 11.4 Å². The fourth-order valence-electron chi connectivity index (χ4n) is 1.69. The molecule has 1 rings (SSSR count). The van der Waals surface area contributed by atoms with Crippen LogP contribution in [0, 0.1) is 0 Å². The van der Waals surface area contributed by atoms with Crippen molar-refractivity contribution in [3.63, 3.8) is 0 Å². The van der Waals surface area contributed by atoms with Gasteiger partial charge in [0.25, 0.3) is 0 Å². The Morgan fingerprint density at radius 1 is 1.20 bits per heavy atom. The van der Waals surface area contributed by atoms with E-state index in [4.69, 9.17) is 0 Å². The highest BCUT2D eigenvalue weighted by molar-refractivity contribution is 5.28. The van der Waals surface area contributed by atoms with Crippen molar-refractivity contribution in [1.29, 1.82) is 0 Å². The van der Waals surface area contributed by atoms with Gasteiger partial charge < -0.3 is 5.32 Å². The fourth-order valence-corrected chi connectivity index (χ4v) is 1.69. The van der Waals surface area contributed by atoms with Crippen molar-refractivity contribution < 1.29 is 4.39 Å². The van der Waals surface area contributed by atoms with Crippen molar-refractivity contribution >= 4 is 0 Å². The van der Waals surface area contributed by atoms with Crippen molar-refractivity contribution in [2.45, 2.75) is 32.4 Å². The second-order valence-corrected chi connectivity index (χ2v) is 4.52. The number of rotatable bonds is 5. The first kappa shape index (κ1) is 12.2. The van der Waals surface area contributed by atoms with E-state index in [9.17, 15) is 4.39 Å². The molecule has 1 nitrogen and oxygen atoms in total. The van der Waals surface area contributed by atoms with E-state index in [1.807, 2.05) is 25.2 Å². The molecule has 1 aromatic rings. The van der Waals surface area contributed by atoms with Gasteiger partial charge in [0.2, 0.25) is 0 Å². The molecule has 0 aliphatic heterocycles. The summed E-state index contributed by atoms with van der Waals surface area (Å²) in [6.07, 6.45) is 1.45. The van der Waals surface area contributed by atoms with E-state index >= 15 is 0 Å². The minimum Gasteiger partial charge on any atom is -0.319 e. The first-order valence-electron chi connectivity index (χ1n) is 5.43. The molecule has 0 radical (unpaired) electrons.